The Hall–Kier alpha value is -2.45. The Labute approximate surface area is 157 Å². The molecule has 4 rings (SSSR count). The van der Waals surface area contributed by atoms with Gasteiger partial charge in [-0.25, -0.2) is 13.9 Å². The lowest BCUT2D eigenvalue weighted by atomic mass is 9.83. The average molecular weight is 390 g/mol. The molecule has 27 heavy (non-hydrogen) atoms. The first-order chi connectivity index (χ1) is 12.9. The number of nitrogens with one attached hydrogen (secondary N) is 2. The van der Waals surface area contributed by atoms with Crippen LogP contribution in [0.5, 0.6) is 0 Å². The minimum absolute atomic E-state index is 0.171. The minimum Gasteiger partial charge on any atom is -0.377 e. The van der Waals surface area contributed by atoms with Crippen LogP contribution < -0.4 is 10.9 Å². The second-order valence-corrected chi connectivity index (χ2v) is 8.30. The molecule has 2 aromatic carbocycles. The van der Waals surface area contributed by atoms with Gasteiger partial charge in [-0.2, -0.15) is 9.65 Å². The van der Waals surface area contributed by atoms with Crippen molar-refractivity contribution in [3.05, 3.63) is 69.6 Å². The summed E-state index contributed by atoms with van der Waals surface area (Å²) in [5.41, 5.74) is 1.51. The van der Waals surface area contributed by atoms with Crippen LogP contribution in [0.2, 0.25) is 0 Å². The summed E-state index contributed by atoms with van der Waals surface area (Å²) in [4.78, 5) is 12.1. The topological polar surface area (TPSA) is 78.0 Å². The van der Waals surface area contributed by atoms with E-state index in [0.717, 1.165) is 5.56 Å². The molecule has 0 saturated carbocycles. The first-order valence-electron chi connectivity index (χ1n) is 8.49. The van der Waals surface area contributed by atoms with Crippen molar-refractivity contribution in [3.8, 4) is 0 Å². The summed E-state index contributed by atoms with van der Waals surface area (Å²) in [6.07, 6.45) is 2.35. The predicted octanol–water partition coefficient (Wildman–Crippen LogP) is 3.56. The number of aromatic amines is 1. The fourth-order valence-corrected chi connectivity index (χ4v) is 4.28. The zero-order chi connectivity index (χ0) is 19.1. The second kappa shape index (κ2) is 6.94. The van der Waals surface area contributed by atoms with Crippen LogP contribution >= 0.6 is 0 Å². The molecule has 1 aliphatic rings. The van der Waals surface area contributed by atoms with Gasteiger partial charge in [0.15, 0.2) is 0 Å². The maximum atomic E-state index is 14.1. The van der Waals surface area contributed by atoms with Gasteiger partial charge in [-0.05, 0) is 29.8 Å². The highest BCUT2D eigenvalue weighted by molar-refractivity contribution is 7.90. The molecular formula is C19H18F2N3O2S+. The highest BCUT2D eigenvalue weighted by Crippen LogP contribution is 2.45. The molecule has 0 aliphatic carbocycles. The summed E-state index contributed by atoms with van der Waals surface area (Å²) in [5, 5.41) is 10.9. The Morgan fingerprint density at radius 2 is 1.93 bits per heavy atom. The maximum Gasteiger partial charge on any atom is 0.272 e. The van der Waals surface area contributed by atoms with E-state index in [1.807, 2.05) is 0 Å². The molecular weight excluding hydrogens is 372 g/mol. The molecule has 1 unspecified atom stereocenters. The first-order valence-corrected chi connectivity index (χ1v) is 10.3. The summed E-state index contributed by atoms with van der Waals surface area (Å²) in [7, 11) is 0. The number of halogens is 2. The van der Waals surface area contributed by atoms with Gasteiger partial charge >= 0.3 is 0 Å². The number of hydrogen-bond acceptors (Lipinski definition) is 4. The van der Waals surface area contributed by atoms with Crippen molar-refractivity contribution < 1.29 is 13.3 Å². The molecule has 3 aromatic rings. The van der Waals surface area contributed by atoms with Gasteiger partial charge in [0.25, 0.3) is 5.56 Å². The Bertz CT molecular complexity index is 1050. The smallest absolute Gasteiger partial charge is 0.272 e. The maximum absolute atomic E-state index is 14.1. The molecule has 2 heterocycles. The molecule has 3 atom stereocenters. The minimum atomic E-state index is -0.755. The molecule has 1 aromatic heterocycles. The number of benzene rings is 2. The lowest BCUT2D eigenvalue weighted by molar-refractivity contribution is 0.539. The van der Waals surface area contributed by atoms with E-state index in [4.69, 9.17) is 0 Å². The van der Waals surface area contributed by atoms with Crippen molar-refractivity contribution in [2.75, 3.05) is 17.3 Å². The van der Waals surface area contributed by atoms with Gasteiger partial charge in [0.05, 0.1) is 17.1 Å². The zero-order valence-corrected chi connectivity index (χ0v) is 15.3. The average Bonchev–Trinajstić information content (AvgIpc) is 2.63. The van der Waals surface area contributed by atoms with E-state index in [2.05, 4.69) is 15.5 Å². The van der Waals surface area contributed by atoms with E-state index in [1.165, 1.54) is 24.3 Å². The van der Waals surface area contributed by atoms with E-state index < -0.39 is 22.6 Å². The van der Waals surface area contributed by atoms with Crippen LogP contribution in [0, 0.1) is 11.6 Å². The van der Waals surface area contributed by atoms with Crippen molar-refractivity contribution >= 4 is 27.6 Å². The molecule has 3 N–H and O–H groups in total. The Balaban J connectivity index is 1.90. The summed E-state index contributed by atoms with van der Waals surface area (Å²) in [5.74, 6) is -0.472. The fourth-order valence-electron chi connectivity index (χ4n) is 3.68. The predicted molar refractivity (Wildman–Crippen MR) is 103 cm³/mol. The Morgan fingerprint density at radius 3 is 2.63 bits per heavy atom. The van der Waals surface area contributed by atoms with Crippen LogP contribution in [-0.4, -0.2) is 26.8 Å². The standard InChI is InChI=1S/C19H17F2N3O2S/c1-27(26)7-6-13-17(10-2-4-11(20)5-3-10)22-15-9-12(21)8-14-16(15)18(13)23-24-19(14)25/h2-5,8-9,13,17,26H,6-7H2,1H3,(H-,22,23,24,25)/p+1/t13-,17-,27?/m1/s1. The van der Waals surface area contributed by atoms with Crippen molar-refractivity contribution in [3.63, 3.8) is 0 Å². The fraction of sp³-hybridized carbons (Fsp3) is 0.263. The van der Waals surface area contributed by atoms with E-state index in [0.29, 0.717) is 28.9 Å². The highest BCUT2D eigenvalue weighted by atomic mass is 32.2. The van der Waals surface area contributed by atoms with Crippen LogP contribution in [0.25, 0.3) is 10.8 Å². The second-order valence-electron chi connectivity index (χ2n) is 6.69. The molecule has 1 aliphatic heterocycles. The molecule has 5 nitrogen and oxygen atoms in total. The number of rotatable bonds is 4. The lowest BCUT2D eigenvalue weighted by Gasteiger charge is -2.34. The monoisotopic (exact) mass is 390 g/mol. The molecule has 0 amide bonds. The summed E-state index contributed by atoms with van der Waals surface area (Å²) < 4.78 is 37.2. The van der Waals surface area contributed by atoms with Crippen molar-refractivity contribution in [2.24, 2.45) is 0 Å². The Kier molecular flexibility index (Phi) is 4.61. The Morgan fingerprint density at radius 1 is 1.19 bits per heavy atom. The molecule has 140 valence electrons. The largest absolute Gasteiger partial charge is 0.377 e. The van der Waals surface area contributed by atoms with Gasteiger partial charge in [-0.1, -0.05) is 12.1 Å². The third-order valence-electron chi connectivity index (χ3n) is 4.90. The molecule has 0 spiro atoms. The van der Waals surface area contributed by atoms with Crippen LogP contribution in [0.1, 0.15) is 29.6 Å². The third kappa shape index (κ3) is 3.30. The SMILES string of the molecule is C[S+](O)CC[C@H]1c2n[nH]c(=O)c3cc(F)cc(c23)N[C@@H]1c1ccc(F)cc1. The van der Waals surface area contributed by atoms with Crippen LogP contribution in [0.3, 0.4) is 0 Å². The highest BCUT2D eigenvalue weighted by Gasteiger charge is 2.35. The number of aromatic nitrogens is 2. The van der Waals surface area contributed by atoms with Crippen molar-refractivity contribution in [1.29, 1.82) is 0 Å². The van der Waals surface area contributed by atoms with E-state index in [9.17, 15) is 18.1 Å². The van der Waals surface area contributed by atoms with Gasteiger partial charge in [-0.3, -0.25) is 4.79 Å². The number of hydrogen-bond donors (Lipinski definition) is 3. The lowest BCUT2D eigenvalue weighted by Crippen LogP contribution is -2.28. The van der Waals surface area contributed by atoms with Crippen LogP contribution in [0.4, 0.5) is 14.5 Å². The van der Waals surface area contributed by atoms with E-state index in [1.54, 1.807) is 18.4 Å². The number of anilines is 1. The zero-order valence-electron chi connectivity index (χ0n) is 14.5. The summed E-state index contributed by atoms with van der Waals surface area (Å²) in [6, 6.07) is 8.37. The quantitative estimate of drug-likeness (QED) is 0.595. The summed E-state index contributed by atoms with van der Waals surface area (Å²) >= 11 is -0.755. The van der Waals surface area contributed by atoms with Gasteiger partial charge in [-0.15, -0.1) is 0 Å². The third-order valence-corrected chi connectivity index (χ3v) is 5.73. The number of H-pyrrole nitrogens is 1. The summed E-state index contributed by atoms with van der Waals surface area (Å²) in [6.45, 7) is 0. The van der Waals surface area contributed by atoms with Crippen molar-refractivity contribution in [1.82, 2.24) is 10.2 Å². The molecule has 0 radical (unpaired) electrons. The van der Waals surface area contributed by atoms with Gasteiger partial charge < -0.3 is 5.32 Å². The van der Waals surface area contributed by atoms with Gasteiger partial charge in [0.2, 0.25) is 0 Å². The molecule has 0 fully saturated rings. The van der Waals surface area contributed by atoms with E-state index in [-0.39, 0.29) is 23.2 Å². The molecule has 8 heteroatoms. The van der Waals surface area contributed by atoms with Crippen molar-refractivity contribution in [2.45, 2.75) is 18.4 Å². The van der Waals surface area contributed by atoms with E-state index >= 15 is 0 Å². The van der Waals surface area contributed by atoms with Gasteiger partial charge in [0.1, 0.15) is 34.8 Å². The van der Waals surface area contributed by atoms with Crippen LogP contribution in [-0.2, 0) is 11.2 Å². The molecule has 0 saturated heterocycles. The molecule has 0 bridgehead atoms. The first kappa shape index (κ1) is 17.9. The van der Waals surface area contributed by atoms with Crippen LogP contribution in [0.15, 0.2) is 41.2 Å². The number of nitrogens with zero attached hydrogens (tertiary/aromatic N) is 1. The normalized spacial score (nSPS) is 19.7. The van der Waals surface area contributed by atoms with Gasteiger partial charge in [0, 0.05) is 23.4 Å².